The van der Waals surface area contributed by atoms with Gasteiger partial charge < -0.3 is 21.3 Å². The highest BCUT2D eigenvalue weighted by Crippen LogP contribution is 2.41. The molecule has 1 aromatic heterocycles. The van der Waals surface area contributed by atoms with Gasteiger partial charge in [-0.2, -0.15) is 0 Å². The molecular formula is C17H17N5O2. The lowest BCUT2D eigenvalue weighted by molar-refractivity contribution is 0.477. The van der Waals surface area contributed by atoms with Crippen LogP contribution in [0.3, 0.4) is 0 Å². The number of aromatic hydroxyl groups is 2. The lowest BCUT2D eigenvalue weighted by atomic mass is 10.0. The van der Waals surface area contributed by atoms with Crippen molar-refractivity contribution in [3.05, 3.63) is 35.1 Å². The zero-order valence-corrected chi connectivity index (χ0v) is 13.0. The molecule has 122 valence electrons. The molecule has 0 radical (unpaired) electrons. The minimum Gasteiger partial charge on any atom is -0.507 e. The van der Waals surface area contributed by atoms with E-state index in [0.717, 1.165) is 0 Å². The number of nitrogens with two attached hydrogens (primary N) is 1. The summed E-state index contributed by atoms with van der Waals surface area (Å²) in [7, 11) is 0. The minimum atomic E-state index is 0.00639. The summed E-state index contributed by atoms with van der Waals surface area (Å²) >= 11 is 0. The van der Waals surface area contributed by atoms with Crippen LogP contribution in [-0.4, -0.2) is 41.4 Å². The van der Waals surface area contributed by atoms with Crippen LogP contribution in [0, 0.1) is 0 Å². The molecule has 7 nitrogen and oxygen atoms in total. The molecule has 0 aliphatic carbocycles. The molecule has 2 heterocycles. The lowest BCUT2D eigenvalue weighted by Gasteiger charge is -2.15. The number of pyridine rings is 1. The smallest absolute Gasteiger partial charge is 0.152 e. The van der Waals surface area contributed by atoms with Crippen LogP contribution in [0.2, 0.25) is 0 Å². The zero-order valence-electron chi connectivity index (χ0n) is 13.0. The molecule has 2 aromatic carbocycles. The summed E-state index contributed by atoms with van der Waals surface area (Å²) in [5.41, 5.74) is 6.61. The van der Waals surface area contributed by atoms with Crippen LogP contribution < -0.4 is 21.8 Å². The van der Waals surface area contributed by atoms with Crippen LogP contribution in [0.15, 0.2) is 34.4 Å². The van der Waals surface area contributed by atoms with E-state index in [1.807, 2.05) is 6.07 Å². The molecule has 0 spiro atoms. The molecular weight excluding hydrogens is 306 g/mol. The van der Waals surface area contributed by atoms with Gasteiger partial charge >= 0.3 is 0 Å². The molecule has 0 bridgehead atoms. The third-order valence-corrected chi connectivity index (χ3v) is 4.15. The van der Waals surface area contributed by atoms with Gasteiger partial charge in [0.05, 0.1) is 34.6 Å². The van der Waals surface area contributed by atoms with Crippen molar-refractivity contribution in [1.29, 1.82) is 0 Å². The van der Waals surface area contributed by atoms with E-state index in [4.69, 9.17) is 5.73 Å². The highest BCUT2D eigenvalue weighted by Gasteiger charge is 2.19. The molecule has 0 unspecified atom stereocenters. The molecule has 24 heavy (non-hydrogen) atoms. The molecule has 0 fully saturated rings. The maximum Gasteiger partial charge on any atom is 0.152 e. The summed E-state index contributed by atoms with van der Waals surface area (Å²) in [6.45, 7) is 2.14. The molecule has 3 aromatic rings. The number of phenols is 2. The van der Waals surface area contributed by atoms with Gasteiger partial charge in [-0.3, -0.25) is 15.0 Å². The standard InChI is InChI=1S/C17H17N5O2/c18-3-5-19-10-8-11-15(22-7-6-20-11)13-12(10)16(23)9-2-1-4-21-14(9)17(13)24/h1-2,4,8,19,23-24H,3,5-7,18H2. The van der Waals surface area contributed by atoms with Gasteiger partial charge in [-0.15, -0.1) is 0 Å². The van der Waals surface area contributed by atoms with E-state index in [1.165, 1.54) is 0 Å². The SMILES string of the molecule is NCCNc1cc2c(c3c(O)c4ncccc4c(O)c13)=NCCN=2. The topological polar surface area (TPSA) is 116 Å². The van der Waals surface area contributed by atoms with Gasteiger partial charge in [0.15, 0.2) is 5.75 Å². The fraction of sp³-hybridized carbons (Fsp3) is 0.235. The summed E-state index contributed by atoms with van der Waals surface area (Å²) in [4.78, 5) is 13.2. The fourth-order valence-electron chi connectivity index (χ4n) is 3.13. The average molecular weight is 323 g/mol. The van der Waals surface area contributed by atoms with Crippen LogP contribution in [-0.2, 0) is 0 Å². The van der Waals surface area contributed by atoms with Crippen molar-refractivity contribution in [3.63, 3.8) is 0 Å². The van der Waals surface area contributed by atoms with Crippen LogP contribution in [0.4, 0.5) is 5.69 Å². The number of phenolic OH excluding ortho intramolecular Hbond substituents is 2. The molecule has 0 saturated heterocycles. The van der Waals surface area contributed by atoms with Crippen molar-refractivity contribution in [1.82, 2.24) is 4.98 Å². The minimum absolute atomic E-state index is 0.00639. The first-order valence-electron chi connectivity index (χ1n) is 7.80. The van der Waals surface area contributed by atoms with Crippen molar-refractivity contribution in [2.24, 2.45) is 15.7 Å². The van der Waals surface area contributed by atoms with Gasteiger partial charge in [0.1, 0.15) is 11.3 Å². The highest BCUT2D eigenvalue weighted by molar-refractivity contribution is 6.13. The number of anilines is 1. The molecule has 7 heteroatoms. The van der Waals surface area contributed by atoms with E-state index in [2.05, 4.69) is 20.3 Å². The monoisotopic (exact) mass is 323 g/mol. The van der Waals surface area contributed by atoms with Crippen molar-refractivity contribution >= 4 is 27.4 Å². The molecule has 1 aliphatic heterocycles. The second-order valence-corrected chi connectivity index (χ2v) is 5.62. The van der Waals surface area contributed by atoms with E-state index in [-0.39, 0.29) is 11.5 Å². The highest BCUT2D eigenvalue weighted by atomic mass is 16.3. The maximum atomic E-state index is 10.8. The van der Waals surface area contributed by atoms with Gasteiger partial charge in [0.2, 0.25) is 0 Å². The predicted octanol–water partition coefficient (Wildman–Crippen LogP) is 0.423. The molecule has 5 N–H and O–H groups in total. The van der Waals surface area contributed by atoms with Crippen molar-refractivity contribution in [2.75, 3.05) is 31.5 Å². The molecule has 0 amide bonds. The van der Waals surface area contributed by atoms with Crippen molar-refractivity contribution in [3.8, 4) is 11.5 Å². The van der Waals surface area contributed by atoms with Gasteiger partial charge in [0, 0.05) is 30.4 Å². The molecule has 0 saturated carbocycles. The van der Waals surface area contributed by atoms with E-state index in [9.17, 15) is 10.2 Å². The van der Waals surface area contributed by atoms with E-state index >= 15 is 0 Å². The molecule has 0 atom stereocenters. The Kier molecular flexibility index (Phi) is 3.42. The second-order valence-electron chi connectivity index (χ2n) is 5.62. The summed E-state index contributed by atoms with van der Waals surface area (Å²) in [5.74, 6) is 0.0703. The number of hydrogen-bond acceptors (Lipinski definition) is 7. The van der Waals surface area contributed by atoms with Crippen LogP contribution in [0.1, 0.15) is 0 Å². The maximum absolute atomic E-state index is 10.8. The number of nitrogens with zero attached hydrogens (tertiary/aromatic N) is 3. The summed E-state index contributed by atoms with van der Waals surface area (Å²) in [6.07, 6.45) is 1.58. The largest absolute Gasteiger partial charge is 0.507 e. The Morgan fingerprint density at radius 2 is 1.96 bits per heavy atom. The summed E-state index contributed by atoms with van der Waals surface area (Å²) in [5, 5.41) is 27.6. The Hall–Kier alpha value is -2.93. The van der Waals surface area contributed by atoms with Crippen LogP contribution in [0.25, 0.3) is 21.7 Å². The lowest BCUT2D eigenvalue weighted by Crippen LogP contribution is -2.31. The number of aromatic nitrogens is 1. The van der Waals surface area contributed by atoms with Crippen LogP contribution in [0.5, 0.6) is 11.5 Å². The number of rotatable bonds is 3. The number of nitrogens with one attached hydrogen (secondary N) is 1. The van der Waals surface area contributed by atoms with Crippen molar-refractivity contribution < 1.29 is 10.2 Å². The quantitative estimate of drug-likeness (QED) is 0.412. The Bertz CT molecular complexity index is 1080. The predicted molar refractivity (Wildman–Crippen MR) is 92.2 cm³/mol. The van der Waals surface area contributed by atoms with E-state index in [0.29, 0.717) is 64.3 Å². The van der Waals surface area contributed by atoms with Gasteiger partial charge in [-0.05, 0) is 18.2 Å². The Morgan fingerprint density at radius 3 is 2.79 bits per heavy atom. The summed E-state index contributed by atoms with van der Waals surface area (Å²) in [6, 6.07) is 5.29. The van der Waals surface area contributed by atoms with E-state index < -0.39 is 0 Å². The first-order valence-corrected chi connectivity index (χ1v) is 7.80. The van der Waals surface area contributed by atoms with Crippen LogP contribution >= 0.6 is 0 Å². The first kappa shape index (κ1) is 14.6. The third-order valence-electron chi connectivity index (χ3n) is 4.15. The Morgan fingerprint density at radius 1 is 1.12 bits per heavy atom. The van der Waals surface area contributed by atoms with Gasteiger partial charge in [-0.25, -0.2) is 0 Å². The average Bonchev–Trinajstić information content (AvgIpc) is 2.63. The number of benzene rings is 2. The van der Waals surface area contributed by atoms with E-state index in [1.54, 1.807) is 18.3 Å². The third kappa shape index (κ3) is 2.05. The molecule has 1 aliphatic rings. The second kappa shape index (κ2) is 5.61. The number of fused-ring (bicyclic) bond motifs is 4. The Balaban J connectivity index is 2.25. The number of hydrogen-bond donors (Lipinski definition) is 4. The first-order chi connectivity index (χ1) is 11.7. The molecule has 4 rings (SSSR count). The van der Waals surface area contributed by atoms with Gasteiger partial charge in [0.25, 0.3) is 0 Å². The van der Waals surface area contributed by atoms with Crippen molar-refractivity contribution in [2.45, 2.75) is 0 Å². The normalized spacial score (nSPS) is 13.4. The summed E-state index contributed by atoms with van der Waals surface area (Å²) < 4.78 is 0. The Labute approximate surface area is 137 Å². The van der Waals surface area contributed by atoms with Gasteiger partial charge in [-0.1, -0.05) is 0 Å². The zero-order chi connectivity index (χ0) is 16.7. The fourth-order valence-corrected chi connectivity index (χ4v) is 3.13.